The number of benzene rings is 3. The Labute approximate surface area is 208 Å². The fourth-order valence-corrected chi connectivity index (χ4v) is 4.43. The molecule has 182 valence electrons. The van der Waals surface area contributed by atoms with Gasteiger partial charge in [0.05, 0.1) is 7.11 Å². The summed E-state index contributed by atoms with van der Waals surface area (Å²) in [5.41, 5.74) is 2.74. The van der Waals surface area contributed by atoms with Crippen LogP contribution in [0.3, 0.4) is 0 Å². The lowest BCUT2D eigenvalue weighted by atomic mass is 10.0. The highest BCUT2D eigenvalue weighted by Crippen LogP contribution is 2.42. The smallest absolute Gasteiger partial charge is 0.251 e. The quantitative estimate of drug-likeness (QED) is 0.401. The largest absolute Gasteiger partial charge is 0.497 e. The van der Waals surface area contributed by atoms with E-state index >= 15 is 0 Å². The molecule has 3 unspecified atom stereocenters. The molecule has 1 aliphatic rings. The molecule has 2 amide bonds. The summed E-state index contributed by atoms with van der Waals surface area (Å²) in [5.74, 6) is -0.0978. The van der Waals surface area contributed by atoms with Gasteiger partial charge in [0.25, 0.3) is 5.91 Å². The van der Waals surface area contributed by atoms with Gasteiger partial charge in [0.15, 0.2) is 6.23 Å². The maximum atomic E-state index is 13.6. The fraction of sp³-hybridized carbons (Fsp3) is 0.231. The molecule has 3 atom stereocenters. The second-order valence-electron chi connectivity index (χ2n) is 8.19. The van der Waals surface area contributed by atoms with Gasteiger partial charge >= 0.3 is 0 Å². The number of hydrogen-bond acceptors (Lipinski definition) is 6. The molecular formula is C26H26ClN3O5. The Balaban J connectivity index is 1.68. The van der Waals surface area contributed by atoms with Gasteiger partial charge in [-0.15, -0.1) is 0 Å². The molecule has 3 aromatic carbocycles. The molecule has 1 aliphatic heterocycles. The second kappa shape index (κ2) is 10.4. The van der Waals surface area contributed by atoms with E-state index in [0.717, 1.165) is 5.56 Å². The number of aliphatic hydroxyl groups is 2. The van der Waals surface area contributed by atoms with E-state index in [2.05, 4.69) is 10.6 Å². The number of methoxy groups -OCH3 is 1. The van der Waals surface area contributed by atoms with E-state index in [1.807, 2.05) is 6.07 Å². The fourth-order valence-electron chi connectivity index (χ4n) is 4.22. The van der Waals surface area contributed by atoms with Crippen molar-refractivity contribution in [3.63, 3.8) is 0 Å². The first-order chi connectivity index (χ1) is 16.8. The summed E-state index contributed by atoms with van der Waals surface area (Å²) in [4.78, 5) is 26.9. The van der Waals surface area contributed by atoms with Gasteiger partial charge in [0.2, 0.25) is 5.91 Å². The predicted octanol–water partition coefficient (Wildman–Crippen LogP) is 3.13. The Morgan fingerprint density at radius 1 is 1.09 bits per heavy atom. The first kappa shape index (κ1) is 24.5. The standard InChI is InChI=1S/C26H26ClN3O5/c1-28-24(32)16-6-8-18(9-7-16)29-25(33)22(13-15-4-3-5-17(27)12-15)30-21-11-10-19(35-2)14-20(21)23(31)26(30)34/h3-12,14,22-23,26,31,34H,13H2,1-2H3,(H,28,32)(H,29,33). The highest BCUT2D eigenvalue weighted by Gasteiger charge is 2.42. The van der Waals surface area contributed by atoms with E-state index in [-0.39, 0.29) is 12.3 Å². The van der Waals surface area contributed by atoms with Crippen LogP contribution in [0.1, 0.15) is 27.6 Å². The van der Waals surface area contributed by atoms with E-state index < -0.39 is 24.3 Å². The van der Waals surface area contributed by atoms with Crippen molar-refractivity contribution in [2.45, 2.75) is 24.8 Å². The van der Waals surface area contributed by atoms with Crippen molar-refractivity contribution in [3.05, 3.63) is 88.4 Å². The van der Waals surface area contributed by atoms with Crippen molar-refractivity contribution >= 4 is 34.8 Å². The zero-order chi connectivity index (χ0) is 25.1. The van der Waals surface area contributed by atoms with Crippen LogP contribution < -0.4 is 20.3 Å². The molecule has 0 radical (unpaired) electrons. The molecule has 8 nitrogen and oxygen atoms in total. The van der Waals surface area contributed by atoms with Crippen LogP contribution in [0.15, 0.2) is 66.7 Å². The van der Waals surface area contributed by atoms with Crippen molar-refractivity contribution < 1.29 is 24.5 Å². The topological polar surface area (TPSA) is 111 Å². The van der Waals surface area contributed by atoms with Gasteiger partial charge in [-0.25, -0.2) is 0 Å². The van der Waals surface area contributed by atoms with Crippen LogP contribution in [0.25, 0.3) is 0 Å². The van der Waals surface area contributed by atoms with Crippen LogP contribution in [0.2, 0.25) is 5.02 Å². The van der Waals surface area contributed by atoms with E-state index in [0.29, 0.717) is 33.3 Å². The molecule has 0 bridgehead atoms. The van der Waals surface area contributed by atoms with Crippen LogP contribution in [0, 0.1) is 0 Å². The minimum absolute atomic E-state index is 0.220. The predicted molar refractivity (Wildman–Crippen MR) is 134 cm³/mol. The Morgan fingerprint density at radius 2 is 1.83 bits per heavy atom. The van der Waals surface area contributed by atoms with E-state index in [1.165, 1.54) is 12.0 Å². The van der Waals surface area contributed by atoms with Gasteiger partial charge in [0, 0.05) is 41.0 Å². The number of aliphatic hydroxyl groups excluding tert-OH is 2. The average Bonchev–Trinajstić information content (AvgIpc) is 3.11. The number of nitrogens with zero attached hydrogens (tertiary/aromatic N) is 1. The van der Waals surface area contributed by atoms with Crippen LogP contribution in [0.5, 0.6) is 5.75 Å². The van der Waals surface area contributed by atoms with Gasteiger partial charge in [-0.05, 0) is 60.2 Å². The second-order valence-corrected chi connectivity index (χ2v) is 8.62. The zero-order valence-corrected chi connectivity index (χ0v) is 20.0. The summed E-state index contributed by atoms with van der Waals surface area (Å²) >= 11 is 6.17. The molecule has 0 fully saturated rings. The van der Waals surface area contributed by atoms with E-state index in [1.54, 1.807) is 67.7 Å². The summed E-state index contributed by atoms with van der Waals surface area (Å²) < 4.78 is 5.25. The summed E-state index contributed by atoms with van der Waals surface area (Å²) in [6.07, 6.45) is -2.35. The Kier molecular flexibility index (Phi) is 7.25. The molecule has 0 spiro atoms. The average molecular weight is 496 g/mol. The van der Waals surface area contributed by atoms with Crippen molar-refractivity contribution in [1.29, 1.82) is 0 Å². The minimum Gasteiger partial charge on any atom is -0.497 e. The SMILES string of the molecule is CNC(=O)c1ccc(NC(=O)C(Cc2cccc(Cl)c2)N2c3ccc(OC)cc3C(O)C2O)cc1. The molecule has 0 aliphatic carbocycles. The van der Waals surface area contributed by atoms with Gasteiger partial charge in [-0.3, -0.25) is 9.59 Å². The lowest BCUT2D eigenvalue weighted by molar-refractivity contribution is -0.118. The number of ether oxygens (including phenoxy) is 1. The minimum atomic E-state index is -1.34. The van der Waals surface area contributed by atoms with Crippen LogP contribution in [-0.4, -0.2) is 48.5 Å². The molecule has 35 heavy (non-hydrogen) atoms. The number of fused-ring (bicyclic) bond motifs is 1. The van der Waals surface area contributed by atoms with E-state index in [9.17, 15) is 19.8 Å². The third kappa shape index (κ3) is 5.09. The summed E-state index contributed by atoms with van der Waals surface area (Å²) in [6.45, 7) is 0. The van der Waals surface area contributed by atoms with Gasteiger partial charge in [-0.1, -0.05) is 23.7 Å². The van der Waals surface area contributed by atoms with Crippen molar-refractivity contribution in [2.24, 2.45) is 0 Å². The summed E-state index contributed by atoms with van der Waals surface area (Å²) in [7, 11) is 3.06. The monoisotopic (exact) mass is 495 g/mol. The number of carbonyl (C=O) groups excluding carboxylic acids is 2. The molecule has 0 aromatic heterocycles. The van der Waals surface area contributed by atoms with Crippen molar-refractivity contribution in [3.8, 4) is 5.75 Å². The number of rotatable bonds is 7. The van der Waals surface area contributed by atoms with Crippen LogP contribution >= 0.6 is 11.6 Å². The van der Waals surface area contributed by atoms with Crippen LogP contribution in [0.4, 0.5) is 11.4 Å². The van der Waals surface area contributed by atoms with Crippen molar-refractivity contribution in [1.82, 2.24) is 5.32 Å². The van der Waals surface area contributed by atoms with E-state index in [4.69, 9.17) is 16.3 Å². The Morgan fingerprint density at radius 3 is 2.49 bits per heavy atom. The number of hydrogen-bond donors (Lipinski definition) is 4. The van der Waals surface area contributed by atoms with Gasteiger partial charge in [0.1, 0.15) is 17.9 Å². The lowest BCUT2D eigenvalue weighted by Gasteiger charge is -2.33. The molecule has 4 rings (SSSR count). The highest BCUT2D eigenvalue weighted by molar-refractivity contribution is 6.30. The number of carbonyl (C=O) groups is 2. The number of anilines is 2. The normalized spacial score (nSPS) is 17.5. The molecule has 1 heterocycles. The molecule has 0 saturated heterocycles. The third-order valence-electron chi connectivity index (χ3n) is 6.00. The molecule has 3 aromatic rings. The molecular weight excluding hydrogens is 470 g/mol. The Bertz CT molecular complexity index is 1230. The number of amides is 2. The van der Waals surface area contributed by atoms with Crippen molar-refractivity contribution in [2.75, 3.05) is 24.4 Å². The van der Waals surface area contributed by atoms with Gasteiger partial charge < -0.3 is 30.5 Å². The summed E-state index contributed by atoms with van der Waals surface area (Å²) in [6, 6.07) is 17.8. The Hall–Kier alpha value is -3.59. The highest BCUT2D eigenvalue weighted by atomic mass is 35.5. The zero-order valence-electron chi connectivity index (χ0n) is 19.2. The molecule has 0 saturated carbocycles. The first-order valence-electron chi connectivity index (χ1n) is 11.0. The summed E-state index contributed by atoms with van der Waals surface area (Å²) in [5, 5.41) is 27.7. The van der Waals surface area contributed by atoms with Crippen LogP contribution in [-0.2, 0) is 11.2 Å². The maximum absolute atomic E-state index is 13.6. The lowest BCUT2D eigenvalue weighted by Crippen LogP contribution is -2.50. The molecule has 4 N–H and O–H groups in total. The molecule has 9 heteroatoms. The van der Waals surface area contributed by atoms with Gasteiger partial charge in [-0.2, -0.15) is 0 Å². The number of halogens is 1. The maximum Gasteiger partial charge on any atom is 0.251 e. The third-order valence-corrected chi connectivity index (χ3v) is 6.23. The first-order valence-corrected chi connectivity index (χ1v) is 11.4. The number of nitrogens with one attached hydrogen (secondary N) is 2.